The number of ether oxygens (including phenoxy) is 1. The van der Waals surface area contributed by atoms with Gasteiger partial charge < -0.3 is 9.64 Å². The molecule has 0 unspecified atom stereocenters. The molecule has 1 aliphatic heterocycles. The van der Waals surface area contributed by atoms with E-state index in [9.17, 15) is 0 Å². The maximum absolute atomic E-state index is 5.90. The fraction of sp³-hybridized carbons (Fsp3) is 0.167. The molecule has 0 radical (unpaired) electrons. The van der Waals surface area contributed by atoms with Crippen molar-refractivity contribution in [3.05, 3.63) is 95.8 Å². The van der Waals surface area contributed by atoms with E-state index in [1.165, 1.54) is 11.3 Å². The van der Waals surface area contributed by atoms with E-state index in [4.69, 9.17) is 9.73 Å². The van der Waals surface area contributed by atoms with Crippen LogP contribution in [0.5, 0.6) is 5.75 Å². The number of pyridine rings is 1. The van der Waals surface area contributed by atoms with Crippen LogP contribution in [0.4, 0.5) is 5.69 Å². The predicted octanol–water partition coefficient (Wildman–Crippen LogP) is 4.61. The average molecular weight is 369 g/mol. The van der Waals surface area contributed by atoms with Crippen molar-refractivity contribution in [3.63, 3.8) is 0 Å². The summed E-state index contributed by atoms with van der Waals surface area (Å²) in [6.07, 6.45) is 7.78. The van der Waals surface area contributed by atoms with Crippen molar-refractivity contribution in [1.29, 1.82) is 0 Å². The van der Waals surface area contributed by atoms with E-state index in [-0.39, 0.29) is 0 Å². The summed E-state index contributed by atoms with van der Waals surface area (Å²) in [5.41, 5.74) is 5.54. The molecule has 3 aromatic rings. The van der Waals surface area contributed by atoms with Gasteiger partial charge in [-0.25, -0.2) is 0 Å². The van der Waals surface area contributed by atoms with E-state index in [2.05, 4.69) is 59.4 Å². The quantitative estimate of drug-likeness (QED) is 0.659. The highest BCUT2D eigenvalue weighted by molar-refractivity contribution is 6.14. The zero-order valence-electron chi connectivity index (χ0n) is 16.0. The first-order valence-electron chi connectivity index (χ1n) is 9.44. The molecule has 4 rings (SSSR count). The number of likely N-dealkylation sites (N-methyl/N-ethyl adjacent to an activating group) is 1. The van der Waals surface area contributed by atoms with E-state index in [1.807, 2.05) is 36.5 Å². The molecule has 0 bridgehead atoms. The topological polar surface area (TPSA) is 37.7 Å². The summed E-state index contributed by atoms with van der Waals surface area (Å²) in [6, 6.07) is 20.4. The Morgan fingerprint density at radius 3 is 2.86 bits per heavy atom. The number of fused-ring (bicyclic) bond motifs is 1. The van der Waals surface area contributed by atoms with Crippen LogP contribution in [0.25, 0.3) is 6.08 Å². The number of anilines is 1. The van der Waals surface area contributed by atoms with Crippen LogP contribution < -0.4 is 9.64 Å². The molecule has 140 valence electrons. The summed E-state index contributed by atoms with van der Waals surface area (Å²) in [5.74, 6) is 0.842. The lowest BCUT2D eigenvalue weighted by Crippen LogP contribution is -2.20. The summed E-state index contributed by atoms with van der Waals surface area (Å²) >= 11 is 0. The monoisotopic (exact) mass is 369 g/mol. The van der Waals surface area contributed by atoms with Gasteiger partial charge in [0, 0.05) is 42.8 Å². The zero-order valence-corrected chi connectivity index (χ0v) is 16.0. The lowest BCUT2D eigenvalue weighted by atomic mass is 10.1. The van der Waals surface area contributed by atoms with Gasteiger partial charge in [-0.3, -0.25) is 9.98 Å². The summed E-state index contributed by atoms with van der Waals surface area (Å²) < 4.78 is 5.90. The average Bonchev–Trinajstić information content (AvgIpc) is 2.91. The first-order valence-corrected chi connectivity index (χ1v) is 9.44. The zero-order chi connectivity index (χ0) is 19.2. The first kappa shape index (κ1) is 18.0. The lowest BCUT2D eigenvalue weighted by molar-refractivity contribution is 0.305. The number of benzene rings is 2. The van der Waals surface area contributed by atoms with Crippen molar-refractivity contribution in [3.8, 4) is 5.75 Å². The molecule has 4 nitrogen and oxygen atoms in total. The largest absolute Gasteiger partial charge is 0.489 e. The highest BCUT2D eigenvalue weighted by atomic mass is 16.5. The number of allylic oxidation sites excluding steroid dienone is 1. The van der Waals surface area contributed by atoms with Crippen molar-refractivity contribution in [1.82, 2.24) is 4.98 Å². The van der Waals surface area contributed by atoms with Crippen LogP contribution in [0.15, 0.2) is 84.1 Å². The highest BCUT2D eigenvalue weighted by Gasteiger charge is 2.13. The van der Waals surface area contributed by atoms with Gasteiger partial charge in [-0.15, -0.1) is 0 Å². The number of aliphatic imine (C=N–C) groups is 1. The molecule has 0 N–H and O–H groups in total. The van der Waals surface area contributed by atoms with Crippen LogP contribution >= 0.6 is 0 Å². The van der Waals surface area contributed by atoms with Gasteiger partial charge in [-0.1, -0.05) is 42.5 Å². The second-order valence-electron chi connectivity index (χ2n) is 6.76. The van der Waals surface area contributed by atoms with Crippen molar-refractivity contribution >= 4 is 17.5 Å². The number of para-hydroxylation sites is 1. The third-order valence-electron chi connectivity index (χ3n) is 4.73. The van der Waals surface area contributed by atoms with E-state index >= 15 is 0 Å². The van der Waals surface area contributed by atoms with Crippen molar-refractivity contribution < 1.29 is 4.74 Å². The van der Waals surface area contributed by atoms with Crippen molar-refractivity contribution in [2.75, 3.05) is 25.0 Å². The molecule has 4 heteroatoms. The molecule has 2 heterocycles. The van der Waals surface area contributed by atoms with Gasteiger partial charge in [0.05, 0.1) is 12.3 Å². The summed E-state index contributed by atoms with van der Waals surface area (Å²) in [4.78, 5) is 11.2. The highest BCUT2D eigenvalue weighted by Crippen LogP contribution is 2.23. The second kappa shape index (κ2) is 8.53. The summed E-state index contributed by atoms with van der Waals surface area (Å²) in [7, 11) is 2.12. The number of nitrogens with zero attached hydrogens (tertiary/aromatic N) is 3. The summed E-state index contributed by atoms with van der Waals surface area (Å²) in [6.45, 7) is 2.22. The van der Waals surface area contributed by atoms with Gasteiger partial charge in [0.15, 0.2) is 0 Å². The molecule has 2 aromatic carbocycles. The minimum Gasteiger partial charge on any atom is -0.489 e. The van der Waals surface area contributed by atoms with E-state index in [1.54, 1.807) is 6.20 Å². The molecule has 0 amide bonds. The maximum Gasteiger partial charge on any atom is 0.120 e. The Balaban J connectivity index is 1.50. The van der Waals surface area contributed by atoms with Gasteiger partial charge in [0.1, 0.15) is 12.4 Å². The molecule has 1 aliphatic rings. The van der Waals surface area contributed by atoms with Gasteiger partial charge in [0.2, 0.25) is 0 Å². The fourth-order valence-corrected chi connectivity index (χ4v) is 3.22. The minimum absolute atomic E-state index is 0.507. The van der Waals surface area contributed by atoms with Gasteiger partial charge in [-0.2, -0.15) is 0 Å². The van der Waals surface area contributed by atoms with Gasteiger partial charge in [-0.05, 0) is 35.9 Å². The van der Waals surface area contributed by atoms with E-state index < -0.39 is 0 Å². The van der Waals surface area contributed by atoms with Crippen molar-refractivity contribution in [2.24, 2.45) is 4.99 Å². The number of benzodiazepines with no additional fused rings is 1. The number of rotatable bonds is 5. The Hall–Kier alpha value is -3.40. The van der Waals surface area contributed by atoms with Gasteiger partial charge >= 0.3 is 0 Å². The Labute approximate surface area is 165 Å². The molecule has 0 aliphatic carbocycles. The third-order valence-corrected chi connectivity index (χ3v) is 4.73. The molecule has 0 saturated carbocycles. The van der Waals surface area contributed by atoms with E-state index in [0.29, 0.717) is 6.61 Å². The molecule has 0 spiro atoms. The standard InChI is InChI=1S/C24H23N3O/c1-27-15-14-26-23(22-9-2-3-10-24(22)27)12-11-19-6-4-8-21(16-19)28-18-20-7-5-13-25-17-20/h2-13,16-17H,14-15,18H2,1H3. The second-order valence-corrected chi connectivity index (χ2v) is 6.76. The molecule has 0 atom stereocenters. The van der Waals surface area contributed by atoms with Crippen LogP contribution in [-0.4, -0.2) is 30.8 Å². The molecular formula is C24H23N3O. The Kier molecular flexibility index (Phi) is 5.48. The number of hydrogen-bond acceptors (Lipinski definition) is 4. The van der Waals surface area contributed by atoms with Crippen LogP contribution in [-0.2, 0) is 6.61 Å². The Morgan fingerprint density at radius 2 is 1.96 bits per heavy atom. The first-order chi connectivity index (χ1) is 13.8. The summed E-state index contributed by atoms with van der Waals surface area (Å²) in [5, 5.41) is 0. The molecule has 1 aromatic heterocycles. The smallest absolute Gasteiger partial charge is 0.120 e. The van der Waals surface area contributed by atoms with Gasteiger partial charge in [0.25, 0.3) is 0 Å². The number of hydrogen-bond donors (Lipinski definition) is 0. The van der Waals surface area contributed by atoms with E-state index in [0.717, 1.165) is 35.7 Å². The SMILES string of the molecule is CN1CCN=C(C=Cc2cccc(OCc3cccnc3)c2)c2ccccc21. The third kappa shape index (κ3) is 4.29. The lowest BCUT2D eigenvalue weighted by Gasteiger charge is -2.18. The number of aromatic nitrogens is 1. The molecule has 0 saturated heterocycles. The minimum atomic E-state index is 0.507. The fourth-order valence-electron chi connectivity index (χ4n) is 3.22. The predicted molar refractivity (Wildman–Crippen MR) is 115 cm³/mol. The Morgan fingerprint density at radius 1 is 1.04 bits per heavy atom. The van der Waals surface area contributed by atoms with Crippen LogP contribution in [0.3, 0.4) is 0 Å². The van der Waals surface area contributed by atoms with Crippen LogP contribution in [0, 0.1) is 0 Å². The molecule has 28 heavy (non-hydrogen) atoms. The van der Waals surface area contributed by atoms with Crippen LogP contribution in [0.1, 0.15) is 16.7 Å². The maximum atomic E-state index is 5.90. The molecular weight excluding hydrogens is 346 g/mol. The van der Waals surface area contributed by atoms with Crippen molar-refractivity contribution in [2.45, 2.75) is 6.61 Å². The normalized spacial score (nSPS) is 13.8. The van der Waals surface area contributed by atoms with Crippen LogP contribution in [0.2, 0.25) is 0 Å². The Bertz CT molecular complexity index is 995. The molecule has 0 fully saturated rings.